The van der Waals surface area contributed by atoms with Crippen molar-refractivity contribution in [2.45, 2.75) is 38.1 Å². The summed E-state index contributed by atoms with van der Waals surface area (Å²) in [6.07, 6.45) is 8.27. The lowest BCUT2D eigenvalue weighted by molar-refractivity contribution is 0.0689. The first-order valence-corrected chi connectivity index (χ1v) is 6.00. The number of nitrogens with zero attached hydrogens (tertiary/aromatic N) is 2. The Labute approximate surface area is 99.9 Å². The average molecular weight is 235 g/mol. The third-order valence-corrected chi connectivity index (χ3v) is 3.33. The van der Waals surface area contributed by atoms with Gasteiger partial charge in [0, 0.05) is 19.3 Å². The lowest BCUT2D eigenvalue weighted by atomic mass is 9.94. The van der Waals surface area contributed by atoms with Crippen molar-refractivity contribution in [1.29, 1.82) is 0 Å². The van der Waals surface area contributed by atoms with E-state index in [4.69, 9.17) is 0 Å². The van der Waals surface area contributed by atoms with Gasteiger partial charge in [-0.2, -0.15) is 0 Å². The van der Waals surface area contributed by atoms with Crippen molar-refractivity contribution in [2.75, 3.05) is 7.05 Å². The number of hydrogen-bond acceptors (Lipinski definition) is 3. The molecule has 92 valence electrons. The van der Waals surface area contributed by atoms with E-state index in [1.54, 1.807) is 4.90 Å². The summed E-state index contributed by atoms with van der Waals surface area (Å²) in [5.41, 5.74) is 0.0135. The average Bonchev–Trinajstić information content (AvgIpc) is 2.39. The Morgan fingerprint density at radius 3 is 2.71 bits per heavy atom. The maximum absolute atomic E-state index is 12.1. The molecule has 1 aliphatic carbocycles. The van der Waals surface area contributed by atoms with Gasteiger partial charge < -0.3 is 9.88 Å². The number of nitrogens with one attached hydrogen (secondary N) is 1. The number of rotatable bonds is 2. The van der Waals surface area contributed by atoms with E-state index in [9.17, 15) is 9.59 Å². The Bertz CT molecular complexity index is 429. The lowest BCUT2D eigenvalue weighted by Crippen LogP contribution is -2.38. The molecule has 1 N–H and O–H groups in total. The van der Waals surface area contributed by atoms with E-state index in [1.807, 2.05) is 7.05 Å². The minimum Gasteiger partial charge on any atom is -0.337 e. The number of hydrogen-bond donors (Lipinski definition) is 1. The van der Waals surface area contributed by atoms with E-state index in [-0.39, 0.29) is 11.5 Å². The zero-order valence-electron chi connectivity index (χ0n) is 9.98. The van der Waals surface area contributed by atoms with Crippen molar-refractivity contribution in [1.82, 2.24) is 14.9 Å². The van der Waals surface area contributed by atoms with Crippen LogP contribution in [-0.4, -0.2) is 33.9 Å². The van der Waals surface area contributed by atoms with Crippen LogP contribution < -0.4 is 5.56 Å². The largest absolute Gasteiger partial charge is 0.337 e. The third-order valence-electron chi connectivity index (χ3n) is 3.33. The second kappa shape index (κ2) is 5.12. The van der Waals surface area contributed by atoms with Gasteiger partial charge in [-0.3, -0.25) is 9.59 Å². The molecule has 1 aromatic rings. The summed E-state index contributed by atoms with van der Waals surface area (Å²) >= 11 is 0. The topological polar surface area (TPSA) is 66.1 Å². The van der Waals surface area contributed by atoms with Crippen LogP contribution in [0.1, 0.15) is 42.6 Å². The zero-order chi connectivity index (χ0) is 12.3. The normalized spacial score (nSPS) is 16.8. The first-order chi connectivity index (χ1) is 8.18. The molecule has 0 radical (unpaired) electrons. The molecular weight excluding hydrogens is 218 g/mol. The molecule has 17 heavy (non-hydrogen) atoms. The molecule has 0 aromatic carbocycles. The highest BCUT2D eigenvalue weighted by molar-refractivity contribution is 5.91. The molecule has 0 spiro atoms. The number of aromatic amines is 1. The molecule has 1 aliphatic rings. The van der Waals surface area contributed by atoms with Crippen LogP contribution in [-0.2, 0) is 0 Å². The van der Waals surface area contributed by atoms with Gasteiger partial charge in [0.2, 0.25) is 0 Å². The maximum atomic E-state index is 12.1. The molecule has 5 nitrogen and oxygen atoms in total. The van der Waals surface area contributed by atoms with Crippen LogP contribution in [0.25, 0.3) is 0 Å². The van der Waals surface area contributed by atoms with E-state index >= 15 is 0 Å². The lowest BCUT2D eigenvalue weighted by Gasteiger charge is -2.30. The summed E-state index contributed by atoms with van der Waals surface area (Å²) in [7, 11) is 1.81. The molecule has 0 unspecified atom stereocenters. The fourth-order valence-corrected chi connectivity index (χ4v) is 2.27. The molecule has 1 amide bonds. The molecule has 1 heterocycles. The smallest absolute Gasteiger partial charge is 0.273 e. The Kier molecular flexibility index (Phi) is 3.56. The fourth-order valence-electron chi connectivity index (χ4n) is 2.27. The van der Waals surface area contributed by atoms with Crippen LogP contribution in [0.2, 0.25) is 0 Å². The second-order valence-corrected chi connectivity index (χ2v) is 4.50. The first kappa shape index (κ1) is 11.8. The van der Waals surface area contributed by atoms with Gasteiger partial charge in [-0.15, -0.1) is 0 Å². The highest BCUT2D eigenvalue weighted by atomic mass is 16.2. The first-order valence-electron chi connectivity index (χ1n) is 6.00. The van der Waals surface area contributed by atoms with Crippen molar-refractivity contribution in [3.05, 3.63) is 28.4 Å². The Hall–Kier alpha value is -1.65. The number of carbonyl (C=O) groups excluding carboxylic acids is 1. The van der Waals surface area contributed by atoms with Gasteiger partial charge in [-0.1, -0.05) is 19.3 Å². The SMILES string of the molecule is CN(C(=O)c1c[nH]c(=O)cn1)C1CCCCC1. The second-order valence-electron chi connectivity index (χ2n) is 4.50. The minimum atomic E-state index is -0.290. The summed E-state index contributed by atoms with van der Waals surface area (Å²) in [5, 5.41) is 0. The van der Waals surface area contributed by atoms with Crippen molar-refractivity contribution < 1.29 is 4.79 Å². The van der Waals surface area contributed by atoms with Crippen molar-refractivity contribution in [2.24, 2.45) is 0 Å². The van der Waals surface area contributed by atoms with Crippen LogP contribution in [0.5, 0.6) is 0 Å². The van der Waals surface area contributed by atoms with Gasteiger partial charge in [-0.25, -0.2) is 4.98 Å². The third kappa shape index (κ3) is 2.72. The van der Waals surface area contributed by atoms with Gasteiger partial charge >= 0.3 is 0 Å². The Balaban J connectivity index is 2.08. The van der Waals surface area contributed by atoms with Gasteiger partial charge in [0.25, 0.3) is 11.5 Å². The van der Waals surface area contributed by atoms with Crippen LogP contribution >= 0.6 is 0 Å². The molecule has 0 saturated heterocycles. The number of amides is 1. The standard InChI is InChI=1S/C12H17N3O2/c1-15(9-5-3-2-4-6-9)12(17)10-7-14-11(16)8-13-10/h7-9H,2-6H2,1H3,(H,14,16). The van der Waals surface area contributed by atoms with E-state index < -0.39 is 0 Å². The molecule has 0 aliphatic heterocycles. The number of aromatic nitrogens is 2. The van der Waals surface area contributed by atoms with Crippen LogP contribution in [0.3, 0.4) is 0 Å². The highest BCUT2D eigenvalue weighted by Crippen LogP contribution is 2.22. The van der Waals surface area contributed by atoms with E-state index in [0.717, 1.165) is 19.0 Å². The Morgan fingerprint density at radius 1 is 1.41 bits per heavy atom. The summed E-state index contributed by atoms with van der Waals surface area (Å²) in [5.74, 6) is -0.117. The quantitative estimate of drug-likeness (QED) is 0.837. The van der Waals surface area contributed by atoms with E-state index in [0.29, 0.717) is 11.7 Å². The predicted molar refractivity (Wildman–Crippen MR) is 63.8 cm³/mol. The number of carbonyl (C=O) groups is 1. The molecular formula is C12H17N3O2. The monoisotopic (exact) mass is 235 g/mol. The summed E-state index contributed by atoms with van der Waals surface area (Å²) in [6, 6.07) is 0.310. The molecule has 0 bridgehead atoms. The predicted octanol–water partition coefficient (Wildman–Crippen LogP) is 1.17. The van der Waals surface area contributed by atoms with Crippen LogP contribution in [0, 0.1) is 0 Å². The fraction of sp³-hybridized carbons (Fsp3) is 0.583. The molecule has 1 saturated carbocycles. The Morgan fingerprint density at radius 2 is 2.12 bits per heavy atom. The van der Waals surface area contributed by atoms with Crippen LogP contribution in [0.15, 0.2) is 17.2 Å². The molecule has 1 fully saturated rings. The summed E-state index contributed by atoms with van der Waals surface area (Å²) in [4.78, 5) is 31.1. The number of H-pyrrole nitrogens is 1. The zero-order valence-corrected chi connectivity index (χ0v) is 9.98. The molecule has 1 aromatic heterocycles. The van der Waals surface area contributed by atoms with E-state index in [2.05, 4.69) is 9.97 Å². The van der Waals surface area contributed by atoms with Gasteiger partial charge in [-0.05, 0) is 12.8 Å². The van der Waals surface area contributed by atoms with Crippen molar-refractivity contribution in [3.63, 3.8) is 0 Å². The maximum Gasteiger partial charge on any atom is 0.273 e. The van der Waals surface area contributed by atoms with Crippen molar-refractivity contribution >= 4 is 5.91 Å². The minimum absolute atomic E-state index is 0.117. The van der Waals surface area contributed by atoms with Gasteiger partial charge in [0.1, 0.15) is 5.69 Å². The summed E-state index contributed by atoms with van der Waals surface area (Å²) < 4.78 is 0. The summed E-state index contributed by atoms with van der Waals surface area (Å²) in [6.45, 7) is 0. The van der Waals surface area contributed by atoms with E-state index in [1.165, 1.54) is 25.5 Å². The molecule has 0 atom stereocenters. The highest BCUT2D eigenvalue weighted by Gasteiger charge is 2.23. The van der Waals surface area contributed by atoms with Crippen molar-refractivity contribution in [3.8, 4) is 0 Å². The molecule has 5 heteroatoms. The molecule has 2 rings (SSSR count). The van der Waals surface area contributed by atoms with Crippen LogP contribution in [0.4, 0.5) is 0 Å². The van der Waals surface area contributed by atoms with Gasteiger partial charge in [0.15, 0.2) is 0 Å². The van der Waals surface area contributed by atoms with Gasteiger partial charge in [0.05, 0.1) is 6.20 Å².